The molecule has 0 aromatic rings. The molecule has 1 aliphatic rings. The lowest BCUT2D eigenvalue weighted by atomic mass is 10.1. The summed E-state index contributed by atoms with van der Waals surface area (Å²) in [4.78, 5) is 10.9. The summed E-state index contributed by atoms with van der Waals surface area (Å²) < 4.78 is 4.53. The summed E-state index contributed by atoms with van der Waals surface area (Å²) in [5, 5.41) is 9.18. The van der Waals surface area contributed by atoms with Gasteiger partial charge in [-0.25, -0.2) is 0 Å². The molecule has 0 bridgehead atoms. The number of carbonyl (C=O) groups is 1. The van der Waals surface area contributed by atoms with E-state index in [0.717, 1.165) is 0 Å². The molecule has 1 saturated carbocycles. The first-order chi connectivity index (χ1) is 5.15. The number of rotatable bonds is 1. The molecule has 0 heterocycles. The van der Waals surface area contributed by atoms with Crippen LogP contribution in [0.1, 0.15) is 12.8 Å². The minimum atomic E-state index is -0.543. The number of aliphatic hydroxyl groups excluding tert-OH is 1. The van der Waals surface area contributed by atoms with E-state index in [0.29, 0.717) is 12.8 Å². The highest BCUT2D eigenvalue weighted by atomic mass is 16.5. The summed E-state index contributed by atoms with van der Waals surface area (Å²) in [6.07, 6.45) is 0.431. The Balaban J connectivity index is 2.46. The van der Waals surface area contributed by atoms with E-state index < -0.39 is 6.10 Å². The smallest absolute Gasteiger partial charge is 0.308 e. The van der Waals surface area contributed by atoms with Gasteiger partial charge in [0.25, 0.3) is 0 Å². The largest absolute Gasteiger partial charge is 0.469 e. The average Bonchev–Trinajstić information content (AvgIpc) is 2.31. The lowest BCUT2D eigenvalue weighted by molar-refractivity contribution is -0.145. The Labute approximate surface area is 65.3 Å². The second-order valence-corrected chi connectivity index (χ2v) is 2.92. The molecule has 0 spiro atoms. The van der Waals surface area contributed by atoms with Crippen molar-refractivity contribution in [2.24, 2.45) is 11.7 Å². The van der Waals surface area contributed by atoms with Crippen LogP contribution in [0.3, 0.4) is 0 Å². The minimum Gasteiger partial charge on any atom is -0.469 e. The zero-order chi connectivity index (χ0) is 8.43. The highest BCUT2D eigenvalue weighted by molar-refractivity contribution is 5.72. The van der Waals surface area contributed by atoms with Crippen molar-refractivity contribution in [1.29, 1.82) is 0 Å². The Kier molecular flexibility index (Phi) is 2.46. The number of hydrogen-bond acceptors (Lipinski definition) is 4. The lowest BCUT2D eigenvalue weighted by Crippen LogP contribution is -2.28. The first kappa shape index (κ1) is 8.49. The summed E-state index contributed by atoms with van der Waals surface area (Å²) in [5.74, 6) is -0.470. The number of ether oxygens (including phenoxy) is 1. The van der Waals surface area contributed by atoms with Gasteiger partial charge in [-0.2, -0.15) is 0 Å². The van der Waals surface area contributed by atoms with Crippen LogP contribution in [-0.2, 0) is 9.53 Å². The molecule has 0 aromatic carbocycles. The van der Waals surface area contributed by atoms with Crippen LogP contribution in [0, 0.1) is 5.92 Å². The van der Waals surface area contributed by atoms with E-state index in [1.165, 1.54) is 7.11 Å². The molecule has 4 heteroatoms. The van der Waals surface area contributed by atoms with Crippen molar-refractivity contribution >= 4 is 5.97 Å². The molecule has 3 atom stereocenters. The van der Waals surface area contributed by atoms with Gasteiger partial charge in [0.2, 0.25) is 0 Å². The van der Waals surface area contributed by atoms with Gasteiger partial charge in [0.05, 0.1) is 19.1 Å². The van der Waals surface area contributed by atoms with Gasteiger partial charge in [-0.1, -0.05) is 0 Å². The zero-order valence-corrected chi connectivity index (χ0v) is 6.49. The van der Waals surface area contributed by atoms with Gasteiger partial charge in [-0.3, -0.25) is 4.79 Å². The third-order valence-corrected chi connectivity index (χ3v) is 2.11. The van der Waals surface area contributed by atoms with Crippen molar-refractivity contribution in [3.05, 3.63) is 0 Å². The van der Waals surface area contributed by atoms with Gasteiger partial charge in [0, 0.05) is 6.04 Å². The first-order valence-electron chi connectivity index (χ1n) is 3.66. The maximum Gasteiger partial charge on any atom is 0.308 e. The fourth-order valence-electron chi connectivity index (χ4n) is 1.41. The van der Waals surface area contributed by atoms with Gasteiger partial charge in [0.1, 0.15) is 0 Å². The van der Waals surface area contributed by atoms with Crippen LogP contribution in [0.5, 0.6) is 0 Å². The lowest BCUT2D eigenvalue weighted by Gasteiger charge is -2.04. The number of aliphatic hydroxyl groups is 1. The Hall–Kier alpha value is -0.610. The normalized spacial score (nSPS) is 37.2. The van der Waals surface area contributed by atoms with Gasteiger partial charge < -0.3 is 15.6 Å². The minimum absolute atomic E-state index is 0.204. The van der Waals surface area contributed by atoms with E-state index in [4.69, 9.17) is 5.73 Å². The molecule has 11 heavy (non-hydrogen) atoms. The number of methoxy groups -OCH3 is 1. The van der Waals surface area contributed by atoms with Gasteiger partial charge >= 0.3 is 5.97 Å². The number of esters is 1. The van der Waals surface area contributed by atoms with Crippen molar-refractivity contribution in [2.45, 2.75) is 25.0 Å². The molecule has 64 valence electrons. The Bertz CT molecular complexity index is 150. The van der Waals surface area contributed by atoms with Crippen molar-refractivity contribution in [2.75, 3.05) is 7.11 Å². The summed E-state index contributed by atoms with van der Waals surface area (Å²) in [7, 11) is 1.35. The highest BCUT2D eigenvalue weighted by Gasteiger charge is 2.35. The number of nitrogens with two attached hydrogens (primary N) is 1. The molecule has 0 aliphatic heterocycles. The van der Waals surface area contributed by atoms with Crippen LogP contribution in [0.4, 0.5) is 0 Å². The van der Waals surface area contributed by atoms with Crippen LogP contribution < -0.4 is 5.73 Å². The molecule has 0 radical (unpaired) electrons. The van der Waals surface area contributed by atoms with Gasteiger partial charge in [0.15, 0.2) is 0 Å². The fraction of sp³-hybridized carbons (Fsp3) is 0.857. The molecule has 3 N–H and O–H groups in total. The Morgan fingerprint density at radius 2 is 2.27 bits per heavy atom. The summed E-state index contributed by atoms with van der Waals surface area (Å²) in [6, 6.07) is -0.265. The maximum absolute atomic E-state index is 10.9. The summed E-state index contributed by atoms with van der Waals surface area (Å²) in [5.41, 5.74) is 5.50. The van der Waals surface area contributed by atoms with Crippen LogP contribution >= 0.6 is 0 Å². The standard InChI is InChI=1S/C7H13NO3/c1-11-7(10)4-2-5(8)6(9)3-4/h4-6,9H,2-3,8H2,1H3/t4-,5-,6-/m0/s1. The van der Waals surface area contributed by atoms with E-state index in [9.17, 15) is 9.90 Å². The molecular formula is C7H13NO3. The van der Waals surface area contributed by atoms with E-state index in [1.54, 1.807) is 0 Å². The van der Waals surface area contributed by atoms with E-state index in [2.05, 4.69) is 4.74 Å². The molecule has 0 saturated heterocycles. The van der Waals surface area contributed by atoms with E-state index in [-0.39, 0.29) is 17.9 Å². The molecule has 0 aromatic heterocycles. The fourth-order valence-corrected chi connectivity index (χ4v) is 1.41. The van der Waals surface area contributed by atoms with Crippen LogP contribution in [0.2, 0.25) is 0 Å². The van der Waals surface area contributed by atoms with Crippen molar-refractivity contribution in [3.63, 3.8) is 0 Å². The zero-order valence-electron chi connectivity index (χ0n) is 6.49. The molecule has 4 nitrogen and oxygen atoms in total. The van der Waals surface area contributed by atoms with Crippen LogP contribution in [0.25, 0.3) is 0 Å². The SMILES string of the molecule is COC(=O)[C@H]1C[C@H](N)[C@@H](O)C1. The topological polar surface area (TPSA) is 72.5 Å². The van der Waals surface area contributed by atoms with Crippen molar-refractivity contribution in [3.8, 4) is 0 Å². The summed E-state index contributed by atoms with van der Waals surface area (Å²) in [6.45, 7) is 0. The van der Waals surface area contributed by atoms with Gasteiger partial charge in [-0.15, -0.1) is 0 Å². The second-order valence-electron chi connectivity index (χ2n) is 2.92. The van der Waals surface area contributed by atoms with Crippen LogP contribution in [0.15, 0.2) is 0 Å². The van der Waals surface area contributed by atoms with E-state index >= 15 is 0 Å². The number of hydrogen-bond donors (Lipinski definition) is 2. The van der Waals surface area contributed by atoms with Crippen molar-refractivity contribution < 1.29 is 14.6 Å². The molecule has 1 aliphatic carbocycles. The molecule has 1 rings (SSSR count). The first-order valence-corrected chi connectivity index (χ1v) is 3.66. The average molecular weight is 159 g/mol. The highest BCUT2D eigenvalue weighted by Crippen LogP contribution is 2.25. The van der Waals surface area contributed by atoms with E-state index in [1.807, 2.05) is 0 Å². The molecule has 1 fully saturated rings. The predicted octanol–water partition coefficient (Wildman–Crippen LogP) is -0.742. The third kappa shape index (κ3) is 1.70. The Morgan fingerprint density at radius 1 is 1.64 bits per heavy atom. The van der Waals surface area contributed by atoms with Gasteiger partial charge in [-0.05, 0) is 12.8 Å². The maximum atomic E-state index is 10.9. The quantitative estimate of drug-likeness (QED) is 0.494. The predicted molar refractivity (Wildman–Crippen MR) is 38.7 cm³/mol. The third-order valence-electron chi connectivity index (χ3n) is 2.11. The molecule has 0 unspecified atom stereocenters. The van der Waals surface area contributed by atoms with Crippen molar-refractivity contribution in [1.82, 2.24) is 0 Å². The Morgan fingerprint density at radius 3 is 2.64 bits per heavy atom. The molecule has 0 amide bonds. The van der Waals surface area contributed by atoms with Crippen LogP contribution in [-0.4, -0.2) is 30.3 Å². The summed E-state index contributed by atoms with van der Waals surface area (Å²) >= 11 is 0. The second kappa shape index (κ2) is 3.19. The number of carbonyl (C=O) groups excluding carboxylic acids is 1. The molecular weight excluding hydrogens is 146 g/mol. The monoisotopic (exact) mass is 159 g/mol.